The Balaban J connectivity index is 2.19. The van der Waals surface area contributed by atoms with Crippen molar-refractivity contribution in [3.8, 4) is 0 Å². The topological polar surface area (TPSA) is 20.3 Å². The summed E-state index contributed by atoms with van der Waals surface area (Å²) >= 11 is 0. The number of nitrogens with zero attached hydrogens (tertiary/aromatic N) is 1. The van der Waals surface area contributed by atoms with Gasteiger partial charge >= 0.3 is 6.41 Å². The fourth-order valence-electron chi connectivity index (χ4n) is 2.06. The second-order valence-electron chi connectivity index (χ2n) is 3.71. The number of piperidine rings is 1. The first kappa shape index (κ1) is 9.25. The highest BCUT2D eigenvalue weighted by Crippen LogP contribution is 2.29. The predicted molar refractivity (Wildman–Crippen MR) is 55.4 cm³/mol. The lowest BCUT2D eigenvalue weighted by atomic mass is 9.96. The van der Waals surface area contributed by atoms with Gasteiger partial charge < -0.3 is 4.90 Å². The molecule has 0 bridgehead atoms. The van der Waals surface area contributed by atoms with Gasteiger partial charge in [-0.1, -0.05) is 30.3 Å². The zero-order valence-electron chi connectivity index (χ0n) is 8.15. The van der Waals surface area contributed by atoms with Crippen LogP contribution in [0.2, 0.25) is 0 Å². The molecule has 1 radical (unpaired) electrons. The summed E-state index contributed by atoms with van der Waals surface area (Å²) in [6.45, 7) is 0.850. The van der Waals surface area contributed by atoms with Crippen molar-refractivity contribution in [3.05, 3.63) is 35.9 Å². The standard InChI is InChI=1S/C12H14NO/c14-10-13-9-5-4-8-12(13)11-6-2-1-3-7-11/h1-3,6-7,12H,4-5,8-9H2. The quantitative estimate of drug-likeness (QED) is 0.697. The van der Waals surface area contributed by atoms with Crippen LogP contribution in [-0.2, 0) is 4.79 Å². The molecule has 0 spiro atoms. The van der Waals surface area contributed by atoms with Gasteiger partial charge in [0, 0.05) is 6.54 Å². The van der Waals surface area contributed by atoms with Crippen LogP contribution in [0.25, 0.3) is 0 Å². The fourth-order valence-corrected chi connectivity index (χ4v) is 2.06. The van der Waals surface area contributed by atoms with Crippen molar-refractivity contribution < 1.29 is 4.79 Å². The Morgan fingerprint density at radius 3 is 2.71 bits per heavy atom. The van der Waals surface area contributed by atoms with Gasteiger partial charge in [0.2, 0.25) is 0 Å². The molecule has 1 aromatic rings. The molecule has 1 fully saturated rings. The van der Waals surface area contributed by atoms with Crippen LogP contribution in [0.1, 0.15) is 30.9 Å². The summed E-state index contributed by atoms with van der Waals surface area (Å²) in [5.41, 5.74) is 1.23. The summed E-state index contributed by atoms with van der Waals surface area (Å²) in [5.74, 6) is 0. The van der Waals surface area contributed by atoms with Crippen molar-refractivity contribution in [3.63, 3.8) is 0 Å². The molecule has 0 aromatic heterocycles. The number of benzene rings is 1. The number of rotatable bonds is 2. The van der Waals surface area contributed by atoms with Gasteiger partial charge in [0.15, 0.2) is 0 Å². The minimum Gasteiger partial charge on any atom is -0.327 e. The molecule has 1 atom stereocenters. The Kier molecular flexibility index (Phi) is 2.82. The third-order valence-electron chi connectivity index (χ3n) is 2.80. The molecule has 0 saturated carbocycles. The summed E-state index contributed by atoms with van der Waals surface area (Å²) in [6.07, 6.45) is 5.42. The maximum absolute atomic E-state index is 10.7. The van der Waals surface area contributed by atoms with Crippen LogP contribution in [-0.4, -0.2) is 17.9 Å². The Hall–Kier alpha value is -1.31. The third-order valence-corrected chi connectivity index (χ3v) is 2.80. The molecule has 0 aliphatic carbocycles. The van der Waals surface area contributed by atoms with Crippen molar-refractivity contribution in [2.45, 2.75) is 25.3 Å². The smallest absolute Gasteiger partial charge is 0.312 e. The summed E-state index contributed by atoms with van der Waals surface area (Å²) in [7, 11) is 0. The van der Waals surface area contributed by atoms with Crippen LogP contribution >= 0.6 is 0 Å². The minimum atomic E-state index is 0.252. The van der Waals surface area contributed by atoms with Gasteiger partial charge in [-0.3, -0.25) is 4.79 Å². The highest BCUT2D eigenvalue weighted by molar-refractivity contribution is 5.50. The summed E-state index contributed by atoms with van der Waals surface area (Å²) in [5, 5.41) is 0. The van der Waals surface area contributed by atoms with E-state index in [1.54, 1.807) is 4.90 Å². The molecule has 1 amide bonds. The molecular formula is C12H14NO. The Bertz CT molecular complexity index is 296. The molecule has 0 N–H and O–H groups in total. The maximum atomic E-state index is 10.7. The van der Waals surface area contributed by atoms with E-state index in [4.69, 9.17) is 0 Å². The second kappa shape index (κ2) is 4.27. The normalized spacial score (nSPS) is 22.0. The first-order valence-electron chi connectivity index (χ1n) is 5.11. The van der Waals surface area contributed by atoms with Crippen LogP contribution in [0.3, 0.4) is 0 Å². The zero-order chi connectivity index (χ0) is 9.80. The fraction of sp³-hybridized carbons (Fsp3) is 0.417. The van der Waals surface area contributed by atoms with Gasteiger partial charge in [-0.05, 0) is 24.8 Å². The van der Waals surface area contributed by atoms with E-state index in [1.807, 2.05) is 24.6 Å². The zero-order valence-corrected chi connectivity index (χ0v) is 8.15. The largest absolute Gasteiger partial charge is 0.327 e. The average molecular weight is 188 g/mol. The van der Waals surface area contributed by atoms with E-state index in [0.717, 1.165) is 19.4 Å². The first-order chi connectivity index (χ1) is 6.92. The van der Waals surface area contributed by atoms with Crippen LogP contribution in [0.15, 0.2) is 30.3 Å². The van der Waals surface area contributed by atoms with Crippen molar-refractivity contribution in [2.75, 3.05) is 6.54 Å². The number of carbonyl (C=O) groups excluding carboxylic acids is 1. The predicted octanol–water partition coefficient (Wildman–Crippen LogP) is 2.28. The first-order valence-corrected chi connectivity index (χ1v) is 5.11. The third kappa shape index (κ3) is 1.79. The van der Waals surface area contributed by atoms with Gasteiger partial charge in [0.05, 0.1) is 6.04 Å². The Morgan fingerprint density at radius 2 is 2.00 bits per heavy atom. The molecule has 1 aliphatic heterocycles. The van der Waals surface area contributed by atoms with Crippen LogP contribution in [0.5, 0.6) is 0 Å². The van der Waals surface area contributed by atoms with E-state index in [0.29, 0.717) is 0 Å². The number of likely N-dealkylation sites (tertiary alicyclic amines) is 1. The van der Waals surface area contributed by atoms with Gasteiger partial charge in [-0.2, -0.15) is 0 Å². The molecule has 14 heavy (non-hydrogen) atoms. The SMILES string of the molecule is O=[C]N1CCCCC1c1ccccc1. The molecule has 1 heterocycles. The van der Waals surface area contributed by atoms with Crippen molar-refractivity contribution >= 4 is 6.41 Å². The summed E-state index contributed by atoms with van der Waals surface area (Å²) in [6, 6.07) is 10.5. The van der Waals surface area contributed by atoms with Crippen LogP contribution in [0.4, 0.5) is 0 Å². The molecule has 1 aliphatic rings. The van der Waals surface area contributed by atoms with Crippen molar-refractivity contribution in [1.82, 2.24) is 4.90 Å². The van der Waals surface area contributed by atoms with Gasteiger partial charge in [-0.15, -0.1) is 0 Å². The minimum absolute atomic E-state index is 0.252. The summed E-state index contributed by atoms with van der Waals surface area (Å²) in [4.78, 5) is 12.5. The van der Waals surface area contributed by atoms with E-state index in [9.17, 15) is 4.79 Å². The lowest BCUT2D eigenvalue weighted by molar-refractivity contribution is 0.234. The average Bonchev–Trinajstić information content (AvgIpc) is 2.30. The Morgan fingerprint density at radius 1 is 1.21 bits per heavy atom. The number of hydrogen-bond donors (Lipinski definition) is 0. The molecule has 1 unspecified atom stereocenters. The molecule has 2 rings (SSSR count). The molecular weight excluding hydrogens is 174 g/mol. The lowest BCUT2D eigenvalue weighted by Gasteiger charge is -2.32. The molecule has 2 nitrogen and oxygen atoms in total. The van der Waals surface area contributed by atoms with E-state index in [1.165, 1.54) is 12.0 Å². The van der Waals surface area contributed by atoms with Gasteiger partial charge in [0.25, 0.3) is 0 Å². The van der Waals surface area contributed by atoms with Gasteiger partial charge in [0.1, 0.15) is 0 Å². The van der Waals surface area contributed by atoms with E-state index in [-0.39, 0.29) is 6.04 Å². The molecule has 1 saturated heterocycles. The van der Waals surface area contributed by atoms with E-state index in [2.05, 4.69) is 12.1 Å². The second-order valence-corrected chi connectivity index (χ2v) is 3.71. The number of hydrogen-bond acceptors (Lipinski definition) is 1. The van der Waals surface area contributed by atoms with Crippen molar-refractivity contribution in [1.29, 1.82) is 0 Å². The highest BCUT2D eigenvalue weighted by atomic mass is 16.1. The van der Waals surface area contributed by atoms with E-state index >= 15 is 0 Å². The van der Waals surface area contributed by atoms with Crippen LogP contribution in [0, 0.1) is 0 Å². The molecule has 73 valence electrons. The van der Waals surface area contributed by atoms with E-state index < -0.39 is 0 Å². The molecule has 2 heteroatoms. The van der Waals surface area contributed by atoms with Gasteiger partial charge in [-0.25, -0.2) is 0 Å². The highest BCUT2D eigenvalue weighted by Gasteiger charge is 2.22. The maximum Gasteiger partial charge on any atom is 0.312 e. The lowest BCUT2D eigenvalue weighted by Crippen LogP contribution is -2.31. The Labute approximate surface area is 84.5 Å². The van der Waals surface area contributed by atoms with Crippen molar-refractivity contribution in [2.24, 2.45) is 0 Å². The number of amides is 1. The summed E-state index contributed by atoms with van der Waals surface area (Å²) < 4.78 is 0. The monoisotopic (exact) mass is 188 g/mol. The van der Waals surface area contributed by atoms with Crippen LogP contribution < -0.4 is 0 Å². The molecule has 1 aromatic carbocycles.